The van der Waals surface area contributed by atoms with Gasteiger partial charge in [0.25, 0.3) is 0 Å². The van der Waals surface area contributed by atoms with Crippen LogP contribution >= 0.6 is 0 Å². The third kappa shape index (κ3) is 3.30. The van der Waals surface area contributed by atoms with Gasteiger partial charge < -0.3 is 5.73 Å². The second-order valence-electron chi connectivity index (χ2n) is 5.40. The van der Waals surface area contributed by atoms with Crippen LogP contribution in [0.2, 0.25) is 0 Å². The molecule has 0 saturated heterocycles. The third-order valence-electron chi connectivity index (χ3n) is 3.73. The molecule has 0 aromatic heterocycles. The normalized spacial score (nSPS) is 19.7. The van der Waals surface area contributed by atoms with E-state index in [1.165, 1.54) is 12.8 Å². The first-order chi connectivity index (χ1) is 7.10. The Labute approximate surface area is 93.6 Å². The van der Waals surface area contributed by atoms with Crippen molar-refractivity contribution >= 4 is 5.78 Å². The summed E-state index contributed by atoms with van der Waals surface area (Å²) in [6.07, 6.45) is 7.38. The van der Waals surface area contributed by atoms with Crippen LogP contribution in [0, 0.1) is 11.3 Å². The minimum absolute atomic E-state index is 0.128. The largest absolute Gasteiger partial charge is 0.329 e. The number of carbonyl (C=O) groups excluding carboxylic acids is 1. The average Bonchev–Trinajstić information content (AvgIpc) is 2.66. The molecular formula is C13H25NO. The second-order valence-corrected chi connectivity index (χ2v) is 5.40. The van der Waals surface area contributed by atoms with Crippen LogP contribution in [0.5, 0.6) is 0 Å². The van der Waals surface area contributed by atoms with Crippen LogP contribution in [-0.2, 0) is 4.79 Å². The lowest BCUT2D eigenvalue weighted by molar-refractivity contribution is -0.128. The maximum Gasteiger partial charge on any atom is 0.140 e. The Morgan fingerprint density at radius 3 is 2.40 bits per heavy atom. The molecule has 0 bridgehead atoms. The molecule has 88 valence electrons. The number of Topliss-reactive ketones (excluding diaryl/α,β-unsaturated/α-hetero) is 1. The molecule has 0 aromatic rings. The van der Waals surface area contributed by atoms with Crippen LogP contribution in [0.1, 0.15) is 58.8 Å². The standard InChI is InChI=1S/C13H25NO/c1-11(2)6-5-7-12(15)13(10-14)8-3-4-9-13/h11H,3-10,14H2,1-2H3. The SMILES string of the molecule is CC(C)CCCC(=O)C1(CN)CCCC1. The van der Waals surface area contributed by atoms with E-state index in [-0.39, 0.29) is 5.41 Å². The third-order valence-corrected chi connectivity index (χ3v) is 3.73. The molecule has 15 heavy (non-hydrogen) atoms. The van der Waals surface area contributed by atoms with Gasteiger partial charge >= 0.3 is 0 Å². The monoisotopic (exact) mass is 211 g/mol. The lowest BCUT2D eigenvalue weighted by Gasteiger charge is -2.25. The Balaban J connectivity index is 2.37. The summed E-state index contributed by atoms with van der Waals surface area (Å²) in [5.41, 5.74) is 5.65. The molecule has 0 unspecified atom stereocenters. The van der Waals surface area contributed by atoms with Crippen molar-refractivity contribution in [3.8, 4) is 0 Å². The molecule has 0 aliphatic heterocycles. The molecule has 2 heteroatoms. The van der Waals surface area contributed by atoms with E-state index in [1.807, 2.05) is 0 Å². The first kappa shape index (κ1) is 12.7. The topological polar surface area (TPSA) is 43.1 Å². The number of nitrogens with two attached hydrogens (primary N) is 1. The predicted molar refractivity (Wildman–Crippen MR) is 63.7 cm³/mol. The number of ketones is 1. The molecule has 0 atom stereocenters. The highest BCUT2D eigenvalue weighted by Crippen LogP contribution is 2.39. The summed E-state index contributed by atoms with van der Waals surface area (Å²) in [6, 6.07) is 0. The lowest BCUT2D eigenvalue weighted by Crippen LogP contribution is -2.36. The Bertz CT molecular complexity index is 205. The first-order valence-electron chi connectivity index (χ1n) is 6.34. The van der Waals surface area contributed by atoms with Crippen molar-refractivity contribution in [2.75, 3.05) is 6.54 Å². The second kappa shape index (κ2) is 5.64. The van der Waals surface area contributed by atoms with Crippen LogP contribution < -0.4 is 5.73 Å². The molecule has 0 spiro atoms. The first-order valence-corrected chi connectivity index (χ1v) is 6.34. The molecule has 0 amide bonds. The highest BCUT2D eigenvalue weighted by atomic mass is 16.1. The van der Waals surface area contributed by atoms with Gasteiger partial charge in [-0.1, -0.05) is 33.1 Å². The van der Waals surface area contributed by atoms with E-state index in [4.69, 9.17) is 5.73 Å². The summed E-state index contributed by atoms with van der Waals surface area (Å²) in [5.74, 6) is 1.14. The maximum absolute atomic E-state index is 12.1. The fourth-order valence-corrected chi connectivity index (χ4v) is 2.58. The van der Waals surface area contributed by atoms with Crippen molar-refractivity contribution in [3.63, 3.8) is 0 Å². The van der Waals surface area contributed by atoms with E-state index in [2.05, 4.69) is 13.8 Å². The molecular weight excluding hydrogens is 186 g/mol. The molecule has 1 aliphatic rings. The van der Waals surface area contributed by atoms with Crippen LogP contribution in [0.4, 0.5) is 0 Å². The molecule has 2 nitrogen and oxygen atoms in total. The van der Waals surface area contributed by atoms with Crippen molar-refractivity contribution in [1.82, 2.24) is 0 Å². The van der Waals surface area contributed by atoms with E-state index in [1.54, 1.807) is 0 Å². The molecule has 2 N–H and O–H groups in total. The Morgan fingerprint density at radius 1 is 1.33 bits per heavy atom. The summed E-state index contributed by atoms with van der Waals surface area (Å²) in [6.45, 7) is 4.98. The fraction of sp³-hybridized carbons (Fsp3) is 0.923. The molecule has 1 aliphatic carbocycles. The fourth-order valence-electron chi connectivity index (χ4n) is 2.58. The quantitative estimate of drug-likeness (QED) is 0.734. The van der Waals surface area contributed by atoms with Gasteiger partial charge in [-0.05, 0) is 25.2 Å². The number of hydrogen-bond donors (Lipinski definition) is 1. The average molecular weight is 211 g/mol. The molecule has 0 heterocycles. The van der Waals surface area contributed by atoms with Crippen molar-refractivity contribution in [2.24, 2.45) is 17.1 Å². The Hall–Kier alpha value is -0.370. The van der Waals surface area contributed by atoms with Gasteiger partial charge in [0.05, 0.1) is 0 Å². The van der Waals surface area contributed by atoms with Gasteiger partial charge in [-0.3, -0.25) is 4.79 Å². The van der Waals surface area contributed by atoms with E-state index in [0.29, 0.717) is 18.2 Å². The molecule has 1 saturated carbocycles. The predicted octanol–water partition coefficient (Wildman–Crippen LogP) is 2.90. The van der Waals surface area contributed by atoms with Crippen LogP contribution in [0.15, 0.2) is 0 Å². The van der Waals surface area contributed by atoms with Crippen LogP contribution in [0.3, 0.4) is 0 Å². The van der Waals surface area contributed by atoms with Crippen LogP contribution in [-0.4, -0.2) is 12.3 Å². The van der Waals surface area contributed by atoms with Crippen molar-refractivity contribution in [2.45, 2.75) is 58.8 Å². The maximum atomic E-state index is 12.1. The molecule has 1 rings (SSSR count). The van der Waals surface area contributed by atoms with Crippen molar-refractivity contribution in [3.05, 3.63) is 0 Å². The zero-order chi connectivity index (χ0) is 11.3. The number of carbonyl (C=O) groups is 1. The van der Waals surface area contributed by atoms with Crippen LogP contribution in [0.25, 0.3) is 0 Å². The van der Waals surface area contributed by atoms with Gasteiger partial charge in [0.15, 0.2) is 0 Å². The Kier molecular flexibility index (Phi) is 4.78. The minimum atomic E-state index is -0.128. The van der Waals surface area contributed by atoms with Gasteiger partial charge in [-0.25, -0.2) is 0 Å². The van der Waals surface area contributed by atoms with Gasteiger partial charge in [-0.15, -0.1) is 0 Å². The van der Waals surface area contributed by atoms with E-state index in [9.17, 15) is 4.79 Å². The number of rotatable bonds is 6. The van der Waals surface area contributed by atoms with Crippen molar-refractivity contribution < 1.29 is 4.79 Å². The van der Waals surface area contributed by atoms with E-state index < -0.39 is 0 Å². The van der Waals surface area contributed by atoms with Gasteiger partial charge in [0.2, 0.25) is 0 Å². The highest BCUT2D eigenvalue weighted by molar-refractivity contribution is 5.85. The summed E-state index contributed by atoms with van der Waals surface area (Å²) in [7, 11) is 0. The van der Waals surface area contributed by atoms with Gasteiger partial charge in [0, 0.05) is 18.4 Å². The summed E-state index contributed by atoms with van der Waals surface area (Å²) < 4.78 is 0. The summed E-state index contributed by atoms with van der Waals surface area (Å²) in [4.78, 5) is 12.1. The minimum Gasteiger partial charge on any atom is -0.329 e. The highest BCUT2D eigenvalue weighted by Gasteiger charge is 2.38. The zero-order valence-electron chi connectivity index (χ0n) is 10.2. The van der Waals surface area contributed by atoms with Gasteiger partial charge in [-0.2, -0.15) is 0 Å². The summed E-state index contributed by atoms with van der Waals surface area (Å²) >= 11 is 0. The van der Waals surface area contributed by atoms with E-state index >= 15 is 0 Å². The smallest absolute Gasteiger partial charge is 0.140 e. The van der Waals surface area contributed by atoms with E-state index in [0.717, 1.165) is 32.1 Å². The lowest BCUT2D eigenvalue weighted by atomic mass is 9.79. The zero-order valence-corrected chi connectivity index (χ0v) is 10.2. The molecule has 1 fully saturated rings. The molecule has 0 aromatic carbocycles. The number of hydrogen-bond acceptors (Lipinski definition) is 2. The summed E-state index contributed by atoms with van der Waals surface area (Å²) in [5, 5.41) is 0. The van der Waals surface area contributed by atoms with Crippen molar-refractivity contribution in [1.29, 1.82) is 0 Å². The molecule has 0 radical (unpaired) electrons. The Morgan fingerprint density at radius 2 is 1.93 bits per heavy atom. The van der Waals surface area contributed by atoms with Gasteiger partial charge in [0.1, 0.15) is 5.78 Å².